The second-order valence-corrected chi connectivity index (χ2v) is 5.41. The van der Waals surface area contributed by atoms with Crippen LogP contribution >= 0.6 is 0 Å². The Labute approximate surface area is 84.2 Å². The van der Waals surface area contributed by atoms with Crippen molar-refractivity contribution in [3.05, 3.63) is 0 Å². The lowest BCUT2D eigenvalue weighted by molar-refractivity contribution is 0.112. The Morgan fingerprint density at radius 1 is 1.23 bits per heavy atom. The van der Waals surface area contributed by atoms with Crippen LogP contribution in [0.2, 0.25) is 0 Å². The molecule has 3 heteroatoms. The third kappa shape index (κ3) is 4.23. The van der Waals surface area contributed by atoms with E-state index in [0.29, 0.717) is 0 Å². The summed E-state index contributed by atoms with van der Waals surface area (Å²) >= 11 is 0. The molecule has 1 unspecified atom stereocenters. The van der Waals surface area contributed by atoms with Gasteiger partial charge in [-0.15, -0.1) is 0 Å². The highest BCUT2D eigenvalue weighted by molar-refractivity contribution is 7.84. The maximum atomic E-state index is 11.2. The Bertz CT molecular complexity index is 145. The van der Waals surface area contributed by atoms with Gasteiger partial charge in [0.25, 0.3) is 0 Å². The normalized spacial score (nSPS) is 14.5. The fraction of sp³-hybridized carbons (Fsp3) is 1.00. The zero-order valence-electron chi connectivity index (χ0n) is 9.01. The third-order valence-electron chi connectivity index (χ3n) is 3.02. The summed E-state index contributed by atoms with van der Waals surface area (Å²) in [7, 11) is -0.689. The fourth-order valence-electron chi connectivity index (χ4n) is 1.38. The maximum Gasteiger partial charge on any atom is 0.0487 e. The van der Waals surface area contributed by atoms with Crippen LogP contribution in [-0.2, 0) is 10.8 Å². The SMILES string of the molecule is CCS(=O)CCC(CC)(CC)CO. The topological polar surface area (TPSA) is 37.3 Å². The van der Waals surface area contributed by atoms with Crippen molar-refractivity contribution < 1.29 is 9.32 Å². The first-order valence-electron chi connectivity index (χ1n) is 5.10. The van der Waals surface area contributed by atoms with Gasteiger partial charge in [-0.1, -0.05) is 20.8 Å². The molecule has 0 radical (unpaired) electrons. The Morgan fingerprint density at radius 2 is 1.77 bits per heavy atom. The highest BCUT2D eigenvalue weighted by Gasteiger charge is 2.25. The summed E-state index contributed by atoms with van der Waals surface area (Å²) in [5.41, 5.74) is 0.0187. The molecule has 0 amide bonds. The molecule has 0 aliphatic carbocycles. The summed E-state index contributed by atoms with van der Waals surface area (Å²) in [6.07, 6.45) is 2.83. The molecule has 0 fully saturated rings. The van der Waals surface area contributed by atoms with Gasteiger partial charge in [0, 0.05) is 28.9 Å². The van der Waals surface area contributed by atoms with Gasteiger partial charge in [-0.2, -0.15) is 0 Å². The molecule has 0 bridgehead atoms. The molecule has 0 heterocycles. The molecule has 0 saturated heterocycles. The molecule has 0 aliphatic rings. The molecule has 1 N–H and O–H groups in total. The minimum absolute atomic E-state index is 0.0187. The van der Waals surface area contributed by atoms with Crippen LogP contribution in [0.5, 0.6) is 0 Å². The van der Waals surface area contributed by atoms with E-state index in [1.165, 1.54) is 0 Å². The van der Waals surface area contributed by atoms with Crippen molar-refractivity contribution in [1.82, 2.24) is 0 Å². The second kappa shape index (κ2) is 6.55. The zero-order chi connectivity index (χ0) is 10.3. The number of aliphatic hydroxyl groups is 1. The van der Waals surface area contributed by atoms with E-state index in [4.69, 9.17) is 0 Å². The Morgan fingerprint density at radius 3 is 2.08 bits per heavy atom. The van der Waals surface area contributed by atoms with E-state index in [9.17, 15) is 9.32 Å². The molecule has 13 heavy (non-hydrogen) atoms. The molecule has 1 atom stereocenters. The summed E-state index contributed by atoms with van der Waals surface area (Å²) < 4.78 is 11.2. The van der Waals surface area contributed by atoms with Crippen LogP contribution < -0.4 is 0 Å². The molecule has 0 spiro atoms. The first-order valence-corrected chi connectivity index (χ1v) is 6.58. The smallest absolute Gasteiger partial charge is 0.0487 e. The number of hydrogen-bond acceptors (Lipinski definition) is 2. The summed E-state index contributed by atoms with van der Waals surface area (Å²) in [5.74, 6) is 1.47. The van der Waals surface area contributed by atoms with Crippen LogP contribution in [0.1, 0.15) is 40.0 Å². The van der Waals surface area contributed by atoms with E-state index < -0.39 is 10.8 Å². The van der Waals surface area contributed by atoms with E-state index in [1.807, 2.05) is 6.92 Å². The van der Waals surface area contributed by atoms with E-state index in [-0.39, 0.29) is 12.0 Å². The minimum atomic E-state index is -0.689. The van der Waals surface area contributed by atoms with Crippen LogP contribution in [0.25, 0.3) is 0 Å². The summed E-state index contributed by atoms with van der Waals surface area (Å²) in [6, 6.07) is 0. The van der Waals surface area contributed by atoms with Crippen LogP contribution in [-0.4, -0.2) is 27.4 Å². The van der Waals surface area contributed by atoms with Gasteiger partial charge >= 0.3 is 0 Å². The van der Waals surface area contributed by atoms with Crippen molar-refractivity contribution in [2.45, 2.75) is 40.0 Å². The predicted octanol–water partition coefficient (Wildman–Crippen LogP) is 1.94. The first-order chi connectivity index (χ1) is 6.14. The minimum Gasteiger partial charge on any atom is -0.396 e. The van der Waals surface area contributed by atoms with Gasteiger partial charge in [0.2, 0.25) is 0 Å². The van der Waals surface area contributed by atoms with Crippen LogP contribution in [0.15, 0.2) is 0 Å². The summed E-state index contributed by atoms with van der Waals surface area (Å²) in [5, 5.41) is 9.26. The van der Waals surface area contributed by atoms with Gasteiger partial charge in [-0.05, 0) is 24.7 Å². The second-order valence-electron chi connectivity index (χ2n) is 3.55. The monoisotopic (exact) mass is 206 g/mol. The number of rotatable bonds is 7. The quantitative estimate of drug-likeness (QED) is 0.691. The van der Waals surface area contributed by atoms with Crippen molar-refractivity contribution >= 4 is 10.8 Å². The lowest BCUT2D eigenvalue weighted by Gasteiger charge is -2.28. The molecule has 80 valence electrons. The van der Waals surface area contributed by atoms with Crippen molar-refractivity contribution in [3.8, 4) is 0 Å². The predicted molar refractivity (Wildman–Crippen MR) is 58.3 cm³/mol. The molecule has 0 aromatic heterocycles. The van der Waals surface area contributed by atoms with Gasteiger partial charge in [0.1, 0.15) is 0 Å². The van der Waals surface area contributed by atoms with Gasteiger partial charge in [0.15, 0.2) is 0 Å². The van der Waals surface area contributed by atoms with Crippen molar-refractivity contribution in [3.63, 3.8) is 0 Å². The van der Waals surface area contributed by atoms with Crippen molar-refractivity contribution in [2.75, 3.05) is 18.1 Å². The van der Waals surface area contributed by atoms with Gasteiger partial charge in [-0.25, -0.2) is 0 Å². The van der Waals surface area contributed by atoms with E-state index in [1.54, 1.807) is 0 Å². The third-order valence-corrected chi connectivity index (χ3v) is 4.32. The zero-order valence-corrected chi connectivity index (χ0v) is 9.82. The summed E-state index contributed by atoms with van der Waals surface area (Å²) in [4.78, 5) is 0. The lowest BCUT2D eigenvalue weighted by atomic mass is 9.81. The number of hydrogen-bond donors (Lipinski definition) is 1. The molecule has 2 nitrogen and oxygen atoms in total. The molecule has 0 aromatic carbocycles. The van der Waals surface area contributed by atoms with Gasteiger partial charge in [-0.3, -0.25) is 4.21 Å². The maximum absolute atomic E-state index is 11.2. The summed E-state index contributed by atoms with van der Waals surface area (Å²) in [6.45, 7) is 6.35. The molecule has 0 rings (SSSR count). The number of aliphatic hydroxyl groups excluding tert-OH is 1. The molecule has 0 aliphatic heterocycles. The lowest BCUT2D eigenvalue weighted by Crippen LogP contribution is -2.26. The highest BCUT2D eigenvalue weighted by atomic mass is 32.2. The van der Waals surface area contributed by atoms with E-state index in [0.717, 1.165) is 30.8 Å². The highest BCUT2D eigenvalue weighted by Crippen LogP contribution is 2.29. The first kappa shape index (κ1) is 13.1. The fourth-order valence-corrected chi connectivity index (χ4v) is 2.33. The Balaban J connectivity index is 4.02. The largest absolute Gasteiger partial charge is 0.396 e. The molecule has 0 saturated carbocycles. The van der Waals surface area contributed by atoms with Crippen LogP contribution in [0.4, 0.5) is 0 Å². The van der Waals surface area contributed by atoms with Crippen LogP contribution in [0.3, 0.4) is 0 Å². The average molecular weight is 206 g/mol. The molecule has 0 aromatic rings. The van der Waals surface area contributed by atoms with E-state index >= 15 is 0 Å². The van der Waals surface area contributed by atoms with Crippen molar-refractivity contribution in [1.29, 1.82) is 0 Å². The van der Waals surface area contributed by atoms with Gasteiger partial charge < -0.3 is 5.11 Å². The molecular weight excluding hydrogens is 184 g/mol. The van der Waals surface area contributed by atoms with Crippen LogP contribution in [0, 0.1) is 5.41 Å². The Kier molecular flexibility index (Phi) is 6.60. The van der Waals surface area contributed by atoms with Gasteiger partial charge in [0.05, 0.1) is 0 Å². The standard InChI is InChI=1S/C10H22O2S/c1-4-10(5-2,9-11)7-8-13(12)6-3/h11H,4-9H2,1-3H3. The van der Waals surface area contributed by atoms with E-state index in [2.05, 4.69) is 13.8 Å². The molecular formula is C10H22O2S. The Hall–Kier alpha value is 0.110. The average Bonchev–Trinajstić information content (AvgIpc) is 2.20. The van der Waals surface area contributed by atoms with Crippen molar-refractivity contribution in [2.24, 2.45) is 5.41 Å².